The molecule has 6 nitrogen and oxygen atoms in total. The Bertz CT molecular complexity index is 840. The van der Waals surface area contributed by atoms with E-state index in [1.807, 2.05) is 0 Å². The summed E-state index contributed by atoms with van der Waals surface area (Å²) in [5, 5.41) is 2.33. The van der Waals surface area contributed by atoms with Crippen molar-refractivity contribution in [3.8, 4) is 11.6 Å². The first-order chi connectivity index (χ1) is 12.5. The van der Waals surface area contributed by atoms with Gasteiger partial charge >= 0.3 is 12.3 Å². The van der Waals surface area contributed by atoms with Gasteiger partial charge in [0.15, 0.2) is 5.75 Å². The standard InChI is InChI=1S/C15H12ClF5N4O2/c1-14(17,18)13-24-11(5-12(25-13)26-7-2-3-7)23-8-4-10(16)22-6-9(8)27-15(19,20)21/h4-7H,2-3H2,1H3,(H,22,23,24,25). The average Bonchev–Trinajstić information content (AvgIpc) is 3.32. The van der Waals surface area contributed by atoms with Gasteiger partial charge in [-0.3, -0.25) is 0 Å². The Hall–Kier alpha value is -2.43. The van der Waals surface area contributed by atoms with Crippen LogP contribution < -0.4 is 14.8 Å². The molecule has 2 heterocycles. The lowest BCUT2D eigenvalue weighted by atomic mass is 10.3. The third kappa shape index (κ3) is 5.52. The van der Waals surface area contributed by atoms with Crippen LogP contribution in [0.25, 0.3) is 0 Å². The van der Waals surface area contributed by atoms with Crippen molar-refractivity contribution in [3.63, 3.8) is 0 Å². The van der Waals surface area contributed by atoms with E-state index in [1.54, 1.807) is 0 Å². The zero-order valence-corrected chi connectivity index (χ0v) is 14.4. The van der Waals surface area contributed by atoms with E-state index in [9.17, 15) is 22.0 Å². The number of alkyl halides is 5. The highest BCUT2D eigenvalue weighted by atomic mass is 35.5. The second-order valence-corrected chi connectivity index (χ2v) is 6.18. The first-order valence-electron chi connectivity index (χ1n) is 7.62. The van der Waals surface area contributed by atoms with E-state index in [1.165, 1.54) is 6.07 Å². The lowest BCUT2D eigenvalue weighted by Crippen LogP contribution is -2.18. The lowest BCUT2D eigenvalue weighted by molar-refractivity contribution is -0.274. The maximum atomic E-state index is 13.7. The van der Waals surface area contributed by atoms with Crippen LogP contribution in [-0.4, -0.2) is 27.4 Å². The van der Waals surface area contributed by atoms with E-state index >= 15 is 0 Å². The summed E-state index contributed by atoms with van der Waals surface area (Å²) in [4.78, 5) is 10.8. The van der Waals surface area contributed by atoms with Crippen LogP contribution in [0.2, 0.25) is 5.15 Å². The van der Waals surface area contributed by atoms with Crippen molar-refractivity contribution >= 4 is 23.1 Å². The van der Waals surface area contributed by atoms with Gasteiger partial charge in [0.2, 0.25) is 11.7 Å². The summed E-state index contributed by atoms with van der Waals surface area (Å²) < 4.78 is 74.2. The zero-order chi connectivity index (χ0) is 19.8. The summed E-state index contributed by atoms with van der Waals surface area (Å²) in [6.07, 6.45) is -2.86. The molecule has 0 atom stereocenters. The van der Waals surface area contributed by atoms with Crippen molar-refractivity contribution in [1.29, 1.82) is 0 Å². The van der Waals surface area contributed by atoms with E-state index in [4.69, 9.17) is 16.3 Å². The van der Waals surface area contributed by atoms with Gasteiger partial charge in [-0.2, -0.15) is 13.8 Å². The Morgan fingerprint density at radius 3 is 2.44 bits per heavy atom. The predicted molar refractivity (Wildman–Crippen MR) is 84.5 cm³/mol. The zero-order valence-electron chi connectivity index (χ0n) is 13.6. The minimum atomic E-state index is -4.99. The highest BCUT2D eigenvalue weighted by molar-refractivity contribution is 6.29. The quantitative estimate of drug-likeness (QED) is 0.544. The second-order valence-electron chi connectivity index (χ2n) is 5.80. The van der Waals surface area contributed by atoms with Crippen LogP contribution in [0.1, 0.15) is 25.6 Å². The molecular weight excluding hydrogens is 399 g/mol. The minimum Gasteiger partial charge on any atom is -0.474 e. The molecule has 27 heavy (non-hydrogen) atoms. The van der Waals surface area contributed by atoms with Crippen molar-refractivity contribution in [2.75, 3.05) is 5.32 Å². The van der Waals surface area contributed by atoms with Crippen LogP contribution in [0.5, 0.6) is 11.6 Å². The fourth-order valence-corrected chi connectivity index (χ4v) is 2.12. The van der Waals surface area contributed by atoms with Gasteiger partial charge in [-0.05, 0) is 12.8 Å². The Balaban J connectivity index is 1.95. The molecule has 0 aromatic carbocycles. The van der Waals surface area contributed by atoms with Crippen LogP contribution in [0.4, 0.5) is 33.5 Å². The Morgan fingerprint density at radius 2 is 1.85 bits per heavy atom. The number of anilines is 2. The lowest BCUT2D eigenvalue weighted by Gasteiger charge is -2.16. The van der Waals surface area contributed by atoms with Gasteiger partial charge in [-0.1, -0.05) is 11.6 Å². The average molecular weight is 411 g/mol. The molecule has 0 unspecified atom stereocenters. The molecule has 0 spiro atoms. The summed E-state index contributed by atoms with van der Waals surface area (Å²) >= 11 is 5.70. The molecule has 3 rings (SSSR count). The SMILES string of the molecule is CC(F)(F)c1nc(Nc2cc(Cl)ncc2OC(F)(F)F)cc(OC2CC2)n1. The van der Waals surface area contributed by atoms with E-state index in [0.29, 0.717) is 6.92 Å². The molecule has 0 aliphatic heterocycles. The van der Waals surface area contributed by atoms with Crippen LogP contribution in [0, 0.1) is 0 Å². The van der Waals surface area contributed by atoms with Crippen molar-refractivity contribution in [3.05, 3.63) is 29.3 Å². The highest BCUT2D eigenvalue weighted by Crippen LogP contribution is 2.35. The molecule has 1 N–H and O–H groups in total. The van der Waals surface area contributed by atoms with E-state index in [0.717, 1.165) is 25.1 Å². The monoisotopic (exact) mass is 410 g/mol. The number of halogens is 6. The van der Waals surface area contributed by atoms with Crippen LogP contribution in [-0.2, 0) is 5.92 Å². The van der Waals surface area contributed by atoms with Gasteiger partial charge in [-0.15, -0.1) is 13.2 Å². The Kier molecular flexibility index (Phi) is 4.98. The van der Waals surface area contributed by atoms with Gasteiger partial charge in [-0.25, -0.2) is 9.97 Å². The van der Waals surface area contributed by atoms with E-state index in [2.05, 4.69) is 25.0 Å². The maximum Gasteiger partial charge on any atom is 0.573 e. The highest BCUT2D eigenvalue weighted by Gasteiger charge is 2.33. The topological polar surface area (TPSA) is 69.2 Å². The fraction of sp³-hybridized carbons (Fsp3) is 0.400. The summed E-state index contributed by atoms with van der Waals surface area (Å²) in [5.74, 6) is -5.28. The van der Waals surface area contributed by atoms with Gasteiger partial charge in [0.1, 0.15) is 17.1 Å². The molecule has 1 saturated carbocycles. The van der Waals surface area contributed by atoms with Gasteiger partial charge in [0.25, 0.3) is 0 Å². The molecule has 0 radical (unpaired) electrons. The van der Waals surface area contributed by atoms with Gasteiger partial charge in [0.05, 0.1) is 11.9 Å². The van der Waals surface area contributed by atoms with E-state index in [-0.39, 0.29) is 28.6 Å². The smallest absolute Gasteiger partial charge is 0.474 e. The number of nitrogens with zero attached hydrogens (tertiary/aromatic N) is 3. The Morgan fingerprint density at radius 1 is 1.15 bits per heavy atom. The number of hydrogen-bond acceptors (Lipinski definition) is 6. The summed E-state index contributed by atoms with van der Waals surface area (Å²) in [5.41, 5.74) is -0.270. The molecule has 146 valence electrons. The molecule has 1 aliphatic carbocycles. The number of nitrogens with one attached hydrogen (secondary N) is 1. The molecule has 1 fully saturated rings. The van der Waals surface area contributed by atoms with Crippen molar-refractivity contribution in [2.24, 2.45) is 0 Å². The molecular formula is C15H12ClF5N4O2. The third-order valence-corrected chi connectivity index (χ3v) is 3.44. The van der Waals surface area contributed by atoms with Crippen molar-refractivity contribution in [2.45, 2.75) is 38.2 Å². The third-order valence-electron chi connectivity index (χ3n) is 3.23. The Labute approximate surface area is 154 Å². The molecule has 2 aromatic rings. The van der Waals surface area contributed by atoms with Crippen LogP contribution in [0.15, 0.2) is 18.3 Å². The number of ether oxygens (including phenoxy) is 2. The first kappa shape index (κ1) is 19.3. The normalized spacial score (nSPS) is 14.8. The first-order valence-corrected chi connectivity index (χ1v) is 8.00. The summed E-state index contributed by atoms with van der Waals surface area (Å²) in [6, 6.07) is 2.23. The molecule has 0 saturated heterocycles. The molecule has 0 bridgehead atoms. The van der Waals surface area contributed by atoms with Crippen molar-refractivity contribution < 1.29 is 31.4 Å². The summed E-state index contributed by atoms with van der Waals surface area (Å²) in [6.45, 7) is 0.592. The van der Waals surface area contributed by atoms with Crippen LogP contribution >= 0.6 is 11.6 Å². The number of aromatic nitrogens is 3. The number of hydrogen-bond donors (Lipinski definition) is 1. The fourth-order valence-electron chi connectivity index (χ4n) is 1.96. The van der Waals surface area contributed by atoms with Gasteiger partial charge in [0, 0.05) is 19.1 Å². The van der Waals surface area contributed by atoms with Crippen LogP contribution in [0.3, 0.4) is 0 Å². The molecule has 12 heteroatoms. The second kappa shape index (κ2) is 6.95. The summed E-state index contributed by atoms with van der Waals surface area (Å²) in [7, 11) is 0. The molecule has 2 aromatic heterocycles. The number of rotatable bonds is 6. The molecule has 1 aliphatic rings. The van der Waals surface area contributed by atoms with Gasteiger partial charge < -0.3 is 14.8 Å². The van der Waals surface area contributed by atoms with Crippen molar-refractivity contribution in [1.82, 2.24) is 15.0 Å². The predicted octanol–water partition coefficient (Wildman–Crippen LogP) is 4.82. The molecule has 0 amide bonds. The van der Waals surface area contributed by atoms with E-state index < -0.39 is 23.9 Å². The largest absolute Gasteiger partial charge is 0.573 e. The minimum absolute atomic E-state index is 0.120. The number of pyridine rings is 1. The maximum absolute atomic E-state index is 13.7.